The minimum Gasteiger partial charge on any atom is -0.476 e. The molecule has 0 saturated carbocycles. The van der Waals surface area contributed by atoms with Crippen LogP contribution in [-0.2, 0) is 18.3 Å². The second kappa shape index (κ2) is 9.03. The first kappa shape index (κ1) is 22.7. The molecule has 0 amide bonds. The number of nitrogens with two attached hydrogens (primary N) is 1. The number of rotatable bonds is 9. The first-order chi connectivity index (χ1) is 14.2. The molecule has 1 aliphatic rings. The van der Waals surface area contributed by atoms with Gasteiger partial charge in [0.2, 0.25) is 11.8 Å². The molecule has 13 heteroatoms. The van der Waals surface area contributed by atoms with Gasteiger partial charge in [-0.2, -0.15) is 9.97 Å². The summed E-state index contributed by atoms with van der Waals surface area (Å²) in [6.45, 7) is 6.33. The van der Waals surface area contributed by atoms with E-state index in [4.69, 9.17) is 24.3 Å². The number of alkyl halides is 1. The van der Waals surface area contributed by atoms with E-state index in [0.717, 1.165) is 6.42 Å². The van der Waals surface area contributed by atoms with Crippen LogP contribution < -0.4 is 10.5 Å². The third-order valence-corrected chi connectivity index (χ3v) is 5.45. The number of nitrogen functional groups attached to an aromatic ring is 1. The molecule has 0 aromatic carbocycles. The molecular weight excluding hydrogens is 420 g/mol. The number of nitrogens with zero attached hydrogens (tertiary/aromatic N) is 4. The minimum atomic E-state index is -2.62. The van der Waals surface area contributed by atoms with Gasteiger partial charge in [-0.05, 0) is 27.2 Å². The largest absolute Gasteiger partial charge is 0.698 e. The molecule has 2 aromatic rings. The first-order valence-electron chi connectivity index (χ1n) is 9.57. The summed E-state index contributed by atoms with van der Waals surface area (Å²) >= 11 is 0. The second-order valence-corrected chi connectivity index (χ2v) is 8.19. The zero-order valence-corrected chi connectivity index (χ0v) is 18.1. The fraction of sp³-hybridized carbons (Fsp3) is 0.706. The van der Waals surface area contributed by atoms with Crippen LogP contribution in [0.3, 0.4) is 0 Å². The summed E-state index contributed by atoms with van der Waals surface area (Å²) in [6, 6.07) is 0. The zero-order valence-electron chi connectivity index (χ0n) is 17.2. The topological polar surface area (TPSA) is 144 Å². The molecule has 3 N–H and O–H groups in total. The number of aliphatic hydroxyl groups excluding tert-OH is 1. The third kappa shape index (κ3) is 4.37. The number of hydrogen-bond acceptors (Lipinski definition) is 10. The van der Waals surface area contributed by atoms with Crippen molar-refractivity contribution in [3.8, 4) is 5.88 Å². The Labute approximate surface area is 173 Å². The smallest absolute Gasteiger partial charge is 0.476 e. The molecule has 0 spiro atoms. The lowest BCUT2D eigenvalue weighted by Crippen LogP contribution is -2.41. The van der Waals surface area contributed by atoms with E-state index < -0.39 is 39.0 Å². The Morgan fingerprint density at radius 3 is 2.83 bits per heavy atom. The highest BCUT2D eigenvalue weighted by atomic mass is 31.1. The van der Waals surface area contributed by atoms with E-state index in [2.05, 4.69) is 15.0 Å². The Morgan fingerprint density at radius 2 is 2.20 bits per heavy atom. The standard InChI is InChI=1S/C17H26FN5O6P/c1-5-6-26-14-11-13(21-16(19)22-14)23(8-20-11)15-17(4,18)12(10(7-24)27-15)29-30(25)28-9(2)3/h8-10,12,15,24H,5-7H2,1-4H3,(H2,19,21,22)/q+1/t10-,12-,15-,17-/m1/s1. The molecule has 0 aliphatic carbocycles. The monoisotopic (exact) mass is 446 g/mol. The first-order valence-corrected chi connectivity index (χ1v) is 10.7. The fourth-order valence-corrected chi connectivity index (χ4v) is 4.11. The number of imidazole rings is 1. The number of ether oxygens (including phenoxy) is 2. The van der Waals surface area contributed by atoms with Crippen molar-refractivity contribution in [2.45, 2.75) is 64.3 Å². The van der Waals surface area contributed by atoms with Crippen LogP contribution in [0.25, 0.3) is 11.2 Å². The predicted octanol–water partition coefficient (Wildman–Crippen LogP) is 2.28. The SMILES string of the molecule is CCCOc1nc(N)nc2c1ncn2[C@@H]1O[C@H](CO)[C@@H](O[P+](=O)OC(C)C)[C@@]1(C)F. The van der Waals surface area contributed by atoms with E-state index in [1.165, 1.54) is 17.8 Å². The van der Waals surface area contributed by atoms with Gasteiger partial charge in [-0.3, -0.25) is 4.57 Å². The Balaban J connectivity index is 1.96. The van der Waals surface area contributed by atoms with Gasteiger partial charge in [-0.15, -0.1) is 9.05 Å². The molecule has 3 heterocycles. The van der Waals surface area contributed by atoms with Crippen molar-refractivity contribution in [3.63, 3.8) is 0 Å². The molecule has 1 saturated heterocycles. The van der Waals surface area contributed by atoms with Crippen molar-refractivity contribution >= 4 is 25.4 Å². The molecule has 166 valence electrons. The number of aromatic nitrogens is 4. The highest BCUT2D eigenvalue weighted by Gasteiger charge is 2.60. The highest BCUT2D eigenvalue weighted by Crippen LogP contribution is 2.47. The maximum atomic E-state index is 15.9. The molecule has 1 unspecified atom stereocenters. The van der Waals surface area contributed by atoms with Crippen molar-refractivity contribution in [2.75, 3.05) is 18.9 Å². The molecule has 11 nitrogen and oxygen atoms in total. The second-order valence-electron chi connectivity index (χ2n) is 7.32. The van der Waals surface area contributed by atoms with E-state index in [1.807, 2.05) is 6.92 Å². The predicted molar refractivity (Wildman–Crippen MR) is 105 cm³/mol. The number of fused-ring (bicyclic) bond motifs is 1. The fourth-order valence-electron chi connectivity index (χ4n) is 3.19. The summed E-state index contributed by atoms with van der Waals surface area (Å²) < 4.78 is 50.9. The molecule has 30 heavy (non-hydrogen) atoms. The number of aliphatic hydroxyl groups is 1. The maximum absolute atomic E-state index is 15.9. The molecule has 0 bridgehead atoms. The highest BCUT2D eigenvalue weighted by molar-refractivity contribution is 7.33. The molecule has 1 aliphatic heterocycles. The van der Waals surface area contributed by atoms with Crippen LogP contribution in [0.2, 0.25) is 0 Å². The van der Waals surface area contributed by atoms with Crippen LogP contribution in [0.1, 0.15) is 40.3 Å². The molecular formula is C17H26FN5O6P+. The Hall–Kier alpha value is -1.98. The van der Waals surface area contributed by atoms with E-state index in [1.54, 1.807) is 13.8 Å². The summed E-state index contributed by atoms with van der Waals surface area (Å²) in [7, 11) is -2.62. The van der Waals surface area contributed by atoms with E-state index in [9.17, 15) is 9.67 Å². The van der Waals surface area contributed by atoms with Crippen molar-refractivity contribution < 1.29 is 32.6 Å². The van der Waals surface area contributed by atoms with Crippen LogP contribution >= 0.6 is 8.25 Å². The van der Waals surface area contributed by atoms with Crippen LogP contribution in [0.15, 0.2) is 6.33 Å². The molecule has 3 rings (SSSR count). The lowest BCUT2D eigenvalue weighted by atomic mass is 9.98. The van der Waals surface area contributed by atoms with Crippen molar-refractivity contribution in [3.05, 3.63) is 6.33 Å². The summed E-state index contributed by atoms with van der Waals surface area (Å²) in [5.74, 6) is 0.102. The molecule has 2 aromatic heterocycles. The number of anilines is 1. The lowest BCUT2D eigenvalue weighted by Gasteiger charge is -2.24. The normalized spacial score (nSPS) is 27.2. The summed E-state index contributed by atoms with van der Waals surface area (Å²) in [4.78, 5) is 12.4. The van der Waals surface area contributed by atoms with Crippen LogP contribution in [0, 0.1) is 0 Å². The van der Waals surface area contributed by atoms with Gasteiger partial charge >= 0.3 is 8.25 Å². The van der Waals surface area contributed by atoms with E-state index in [0.29, 0.717) is 6.61 Å². The average molecular weight is 446 g/mol. The summed E-state index contributed by atoms with van der Waals surface area (Å²) in [5.41, 5.74) is 4.06. The van der Waals surface area contributed by atoms with Crippen LogP contribution in [-0.4, -0.2) is 61.8 Å². The van der Waals surface area contributed by atoms with Gasteiger partial charge in [-0.25, -0.2) is 9.37 Å². The molecule has 1 fully saturated rings. The van der Waals surface area contributed by atoms with E-state index >= 15 is 4.39 Å². The van der Waals surface area contributed by atoms with Gasteiger partial charge in [0.05, 0.1) is 19.5 Å². The van der Waals surface area contributed by atoms with Gasteiger partial charge in [0, 0.05) is 4.57 Å². The van der Waals surface area contributed by atoms with Crippen molar-refractivity contribution in [1.82, 2.24) is 19.5 Å². The van der Waals surface area contributed by atoms with Gasteiger partial charge in [0.1, 0.15) is 12.2 Å². The van der Waals surface area contributed by atoms with Crippen LogP contribution in [0.4, 0.5) is 10.3 Å². The number of halogens is 1. The Bertz CT molecular complexity index is 910. The van der Waals surface area contributed by atoms with E-state index in [-0.39, 0.29) is 29.1 Å². The minimum absolute atomic E-state index is 0.0752. The molecule has 0 radical (unpaired) electrons. The zero-order chi connectivity index (χ0) is 22.1. The van der Waals surface area contributed by atoms with Gasteiger partial charge in [-0.1, -0.05) is 6.92 Å². The summed E-state index contributed by atoms with van der Waals surface area (Å²) in [5, 5.41) is 9.68. The Kier molecular flexibility index (Phi) is 6.83. The molecule has 5 atom stereocenters. The Morgan fingerprint density at radius 1 is 1.47 bits per heavy atom. The van der Waals surface area contributed by atoms with Crippen molar-refractivity contribution in [2.24, 2.45) is 0 Å². The average Bonchev–Trinajstić information content (AvgIpc) is 3.17. The third-order valence-electron chi connectivity index (χ3n) is 4.46. The maximum Gasteiger partial charge on any atom is 0.698 e. The van der Waals surface area contributed by atoms with Gasteiger partial charge < -0.3 is 20.3 Å². The van der Waals surface area contributed by atoms with Crippen LogP contribution in [0.5, 0.6) is 5.88 Å². The lowest BCUT2D eigenvalue weighted by molar-refractivity contribution is -0.0566. The summed E-state index contributed by atoms with van der Waals surface area (Å²) in [6.07, 6.45) is -2.06. The van der Waals surface area contributed by atoms with Gasteiger partial charge in [0.25, 0.3) is 0 Å². The van der Waals surface area contributed by atoms with Crippen molar-refractivity contribution in [1.29, 1.82) is 0 Å². The quantitative estimate of drug-likeness (QED) is 0.551. The number of hydrogen-bond donors (Lipinski definition) is 2. The van der Waals surface area contributed by atoms with Gasteiger partial charge in [0.15, 0.2) is 29.2 Å².